The Morgan fingerprint density at radius 3 is 2.72 bits per heavy atom. The van der Waals surface area contributed by atoms with E-state index < -0.39 is 0 Å². The molecule has 1 aliphatic rings. The summed E-state index contributed by atoms with van der Waals surface area (Å²) in [6, 6.07) is 3.57. The van der Waals surface area contributed by atoms with Gasteiger partial charge >= 0.3 is 0 Å². The van der Waals surface area contributed by atoms with Crippen molar-refractivity contribution >= 4 is 6.29 Å². The van der Waals surface area contributed by atoms with Gasteiger partial charge in [-0.1, -0.05) is 0 Å². The van der Waals surface area contributed by atoms with Gasteiger partial charge in [0.1, 0.15) is 5.76 Å². The normalized spacial score (nSPS) is 18.7. The molecule has 0 bridgehead atoms. The first-order valence-corrected chi connectivity index (χ1v) is 6.41. The van der Waals surface area contributed by atoms with Crippen LogP contribution in [-0.4, -0.2) is 60.5 Å². The third kappa shape index (κ3) is 3.66. The number of carbonyl (C=O) groups is 1. The second kappa shape index (κ2) is 6.68. The van der Waals surface area contributed by atoms with E-state index in [0.29, 0.717) is 5.76 Å². The van der Waals surface area contributed by atoms with Gasteiger partial charge in [-0.25, -0.2) is 0 Å². The summed E-state index contributed by atoms with van der Waals surface area (Å²) < 4.78 is 5.39. The minimum Gasteiger partial charge on any atom is -0.457 e. The highest BCUT2D eigenvalue weighted by Gasteiger charge is 2.15. The molecular formula is C13H20N2O3. The van der Waals surface area contributed by atoms with Crippen LogP contribution in [0.2, 0.25) is 0 Å². The topological polar surface area (TPSA) is 56.9 Å². The number of aliphatic hydroxyl groups excluding tert-OH is 1. The molecule has 0 atom stereocenters. The number of hydrogen-bond acceptors (Lipinski definition) is 5. The van der Waals surface area contributed by atoms with E-state index in [9.17, 15) is 4.79 Å². The zero-order valence-corrected chi connectivity index (χ0v) is 10.5. The molecule has 2 rings (SSSR count). The molecule has 0 amide bonds. The standard InChI is InChI=1S/C13H20N2O3/c16-9-8-14-4-1-5-15(7-6-14)10-12-2-3-13(11-17)18-12/h2-3,11,16H,1,4-10H2. The molecule has 0 aliphatic carbocycles. The van der Waals surface area contributed by atoms with E-state index in [2.05, 4.69) is 9.80 Å². The maximum atomic E-state index is 10.5. The molecule has 1 aliphatic heterocycles. The molecule has 0 saturated carbocycles. The maximum absolute atomic E-state index is 10.5. The average Bonchev–Trinajstić information content (AvgIpc) is 2.71. The summed E-state index contributed by atoms with van der Waals surface area (Å²) in [5, 5.41) is 8.94. The van der Waals surface area contributed by atoms with Gasteiger partial charge in [0.2, 0.25) is 0 Å². The fourth-order valence-electron chi connectivity index (χ4n) is 2.31. The number of carbonyl (C=O) groups excluding carboxylic acids is 1. The quantitative estimate of drug-likeness (QED) is 0.777. The average molecular weight is 252 g/mol. The van der Waals surface area contributed by atoms with Crippen molar-refractivity contribution in [1.82, 2.24) is 9.80 Å². The molecule has 18 heavy (non-hydrogen) atoms. The Kier molecular flexibility index (Phi) is 4.92. The highest BCUT2D eigenvalue weighted by molar-refractivity contribution is 5.70. The molecule has 0 unspecified atom stereocenters. The minimum absolute atomic E-state index is 0.223. The zero-order valence-electron chi connectivity index (χ0n) is 10.5. The Balaban J connectivity index is 1.84. The van der Waals surface area contributed by atoms with Crippen molar-refractivity contribution in [2.24, 2.45) is 0 Å². The second-order valence-corrected chi connectivity index (χ2v) is 4.62. The van der Waals surface area contributed by atoms with E-state index in [1.54, 1.807) is 6.07 Å². The first-order valence-electron chi connectivity index (χ1n) is 6.41. The van der Waals surface area contributed by atoms with Gasteiger partial charge in [0.05, 0.1) is 13.2 Å². The van der Waals surface area contributed by atoms with Crippen molar-refractivity contribution in [2.45, 2.75) is 13.0 Å². The summed E-state index contributed by atoms with van der Waals surface area (Å²) in [6.07, 6.45) is 1.83. The van der Waals surface area contributed by atoms with E-state index in [0.717, 1.165) is 57.7 Å². The SMILES string of the molecule is O=Cc1ccc(CN2CCCN(CCO)CC2)o1. The summed E-state index contributed by atoms with van der Waals surface area (Å²) in [5.74, 6) is 1.23. The number of rotatable bonds is 5. The van der Waals surface area contributed by atoms with Crippen LogP contribution < -0.4 is 0 Å². The molecule has 1 aromatic heterocycles. The first kappa shape index (κ1) is 13.3. The van der Waals surface area contributed by atoms with Crippen LogP contribution in [0.5, 0.6) is 0 Å². The number of furan rings is 1. The van der Waals surface area contributed by atoms with Gasteiger partial charge in [-0.2, -0.15) is 0 Å². The molecule has 0 aromatic carbocycles. The van der Waals surface area contributed by atoms with Crippen molar-refractivity contribution in [3.05, 3.63) is 23.7 Å². The molecule has 0 radical (unpaired) electrons. The summed E-state index contributed by atoms with van der Waals surface area (Å²) in [6.45, 7) is 5.73. The van der Waals surface area contributed by atoms with Gasteiger partial charge < -0.3 is 9.52 Å². The van der Waals surface area contributed by atoms with Gasteiger partial charge in [-0.3, -0.25) is 14.6 Å². The number of aliphatic hydroxyl groups is 1. The Bertz CT molecular complexity index is 378. The Morgan fingerprint density at radius 1 is 1.22 bits per heavy atom. The number of nitrogens with zero attached hydrogens (tertiary/aromatic N) is 2. The summed E-state index contributed by atoms with van der Waals surface area (Å²) in [4.78, 5) is 15.1. The Labute approximate surface area is 107 Å². The van der Waals surface area contributed by atoms with Gasteiger partial charge in [0.25, 0.3) is 0 Å². The fraction of sp³-hybridized carbons (Fsp3) is 0.615. The van der Waals surface area contributed by atoms with Crippen molar-refractivity contribution in [3.8, 4) is 0 Å². The van der Waals surface area contributed by atoms with Crippen LogP contribution in [0.3, 0.4) is 0 Å². The highest BCUT2D eigenvalue weighted by Crippen LogP contribution is 2.11. The van der Waals surface area contributed by atoms with Crippen LogP contribution >= 0.6 is 0 Å². The molecule has 100 valence electrons. The number of aldehydes is 1. The lowest BCUT2D eigenvalue weighted by molar-refractivity contribution is 0.109. The van der Waals surface area contributed by atoms with Crippen molar-refractivity contribution in [1.29, 1.82) is 0 Å². The third-order valence-electron chi connectivity index (χ3n) is 3.28. The molecule has 5 heteroatoms. The van der Waals surface area contributed by atoms with E-state index in [1.165, 1.54) is 0 Å². The monoisotopic (exact) mass is 252 g/mol. The predicted molar refractivity (Wildman–Crippen MR) is 67.5 cm³/mol. The first-order chi connectivity index (χ1) is 8.81. The smallest absolute Gasteiger partial charge is 0.185 e. The van der Waals surface area contributed by atoms with Crippen LogP contribution in [0, 0.1) is 0 Å². The lowest BCUT2D eigenvalue weighted by atomic mass is 10.3. The molecule has 2 heterocycles. The molecule has 1 saturated heterocycles. The van der Waals surface area contributed by atoms with Crippen LogP contribution in [0.15, 0.2) is 16.5 Å². The molecule has 5 nitrogen and oxygen atoms in total. The Morgan fingerprint density at radius 2 is 2.00 bits per heavy atom. The Hall–Kier alpha value is -1.17. The minimum atomic E-state index is 0.223. The van der Waals surface area contributed by atoms with Gasteiger partial charge in [0.15, 0.2) is 12.0 Å². The van der Waals surface area contributed by atoms with E-state index in [1.807, 2.05) is 6.07 Å². The largest absolute Gasteiger partial charge is 0.457 e. The maximum Gasteiger partial charge on any atom is 0.185 e. The van der Waals surface area contributed by atoms with Crippen LogP contribution in [0.1, 0.15) is 22.7 Å². The molecule has 1 N–H and O–H groups in total. The number of β-amino-alcohol motifs (C(OH)–C–C–N with tert-alkyl or cyclic N) is 1. The van der Waals surface area contributed by atoms with Crippen molar-refractivity contribution in [2.75, 3.05) is 39.3 Å². The molecule has 1 aromatic rings. The lowest BCUT2D eigenvalue weighted by Crippen LogP contribution is -2.32. The summed E-state index contributed by atoms with van der Waals surface area (Å²) in [5.41, 5.74) is 0. The van der Waals surface area contributed by atoms with Gasteiger partial charge in [-0.15, -0.1) is 0 Å². The molecular weight excluding hydrogens is 232 g/mol. The van der Waals surface area contributed by atoms with Crippen LogP contribution in [0.4, 0.5) is 0 Å². The third-order valence-corrected chi connectivity index (χ3v) is 3.28. The summed E-state index contributed by atoms with van der Waals surface area (Å²) in [7, 11) is 0. The fourth-order valence-corrected chi connectivity index (χ4v) is 2.31. The van der Waals surface area contributed by atoms with Crippen LogP contribution in [-0.2, 0) is 6.54 Å². The molecule has 0 spiro atoms. The van der Waals surface area contributed by atoms with Gasteiger partial charge in [-0.05, 0) is 31.6 Å². The summed E-state index contributed by atoms with van der Waals surface area (Å²) >= 11 is 0. The zero-order chi connectivity index (χ0) is 12.8. The van der Waals surface area contributed by atoms with Crippen molar-refractivity contribution < 1.29 is 14.3 Å². The predicted octanol–water partition coefficient (Wildman–Crippen LogP) is 0.592. The van der Waals surface area contributed by atoms with E-state index in [-0.39, 0.29) is 6.61 Å². The second-order valence-electron chi connectivity index (χ2n) is 4.62. The van der Waals surface area contributed by atoms with Crippen molar-refractivity contribution in [3.63, 3.8) is 0 Å². The molecule has 1 fully saturated rings. The van der Waals surface area contributed by atoms with Crippen LogP contribution in [0.25, 0.3) is 0 Å². The lowest BCUT2D eigenvalue weighted by Gasteiger charge is -2.20. The van der Waals surface area contributed by atoms with Gasteiger partial charge in [0, 0.05) is 19.6 Å². The number of hydrogen-bond donors (Lipinski definition) is 1. The van der Waals surface area contributed by atoms with E-state index in [4.69, 9.17) is 9.52 Å². The van der Waals surface area contributed by atoms with E-state index >= 15 is 0 Å². The highest BCUT2D eigenvalue weighted by atomic mass is 16.3.